The Morgan fingerprint density at radius 1 is 1.10 bits per heavy atom. The maximum atomic E-state index is 12.8. The van der Waals surface area contributed by atoms with E-state index in [0.29, 0.717) is 22.9 Å². The van der Waals surface area contributed by atoms with E-state index in [-0.39, 0.29) is 19.0 Å². The van der Waals surface area contributed by atoms with E-state index in [1.54, 1.807) is 18.0 Å². The highest BCUT2D eigenvalue weighted by Crippen LogP contribution is 2.29. The maximum Gasteiger partial charge on any atom is 0.416 e. The molecule has 0 aliphatic rings. The van der Waals surface area contributed by atoms with E-state index in [2.05, 4.69) is 14.7 Å². The smallest absolute Gasteiger partial charge is 0.350 e. The summed E-state index contributed by atoms with van der Waals surface area (Å²) in [6, 6.07) is 14.7. The lowest BCUT2D eigenvalue weighted by Crippen LogP contribution is -2.34. The molecule has 3 rings (SSSR count). The monoisotopic (exact) mass is 420 g/mol. The second kappa shape index (κ2) is 9.04. The summed E-state index contributed by atoms with van der Waals surface area (Å²) in [6.07, 6.45) is -3.80. The predicted octanol–water partition coefficient (Wildman–Crippen LogP) is 3.90. The maximum absolute atomic E-state index is 12.8. The first-order valence-electron chi connectivity index (χ1n) is 8.82. The molecular formula is C20H19F3N4OS. The average molecular weight is 420 g/mol. The van der Waals surface area contributed by atoms with E-state index in [1.807, 2.05) is 30.3 Å². The van der Waals surface area contributed by atoms with Crippen molar-refractivity contribution >= 4 is 22.6 Å². The average Bonchev–Trinajstić information content (AvgIpc) is 3.15. The van der Waals surface area contributed by atoms with E-state index in [9.17, 15) is 18.0 Å². The SMILES string of the molecule is CN(CC(=O)NCc1cccc(C(F)(F)F)c1)c1nc(Cc2ccccc2)ns1. The zero-order valence-electron chi connectivity index (χ0n) is 15.6. The van der Waals surface area contributed by atoms with Crippen LogP contribution < -0.4 is 10.2 Å². The van der Waals surface area contributed by atoms with Gasteiger partial charge in [-0.2, -0.15) is 17.5 Å². The lowest BCUT2D eigenvalue weighted by Gasteiger charge is -2.15. The third kappa shape index (κ3) is 6.02. The van der Waals surface area contributed by atoms with Gasteiger partial charge in [0.2, 0.25) is 11.0 Å². The number of carbonyl (C=O) groups excluding carboxylic acids is 1. The number of likely N-dealkylation sites (N-methyl/N-ethyl adjacent to an activating group) is 1. The molecule has 0 saturated carbocycles. The number of benzene rings is 2. The van der Waals surface area contributed by atoms with Gasteiger partial charge in [-0.15, -0.1) is 0 Å². The Hall–Kier alpha value is -2.94. The summed E-state index contributed by atoms with van der Waals surface area (Å²) < 4.78 is 42.6. The minimum Gasteiger partial charge on any atom is -0.350 e. The normalized spacial score (nSPS) is 11.3. The van der Waals surface area contributed by atoms with Crippen LogP contribution in [0.3, 0.4) is 0 Å². The number of anilines is 1. The van der Waals surface area contributed by atoms with Crippen LogP contribution >= 0.6 is 11.5 Å². The van der Waals surface area contributed by atoms with Crippen LogP contribution in [0.4, 0.5) is 18.3 Å². The number of hydrogen-bond donors (Lipinski definition) is 1. The van der Waals surface area contributed by atoms with Gasteiger partial charge in [-0.1, -0.05) is 42.5 Å². The molecule has 1 heterocycles. The third-order valence-electron chi connectivity index (χ3n) is 4.11. The minimum absolute atomic E-state index is 0.0198. The summed E-state index contributed by atoms with van der Waals surface area (Å²) in [6.45, 7) is 0.0465. The number of rotatable bonds is 7. The lowest BCUT2D eigenvalue weighted by molar-refractivity contribution is -0.137. The molecular weight excluding hydrogens is 401 g/mol. The zero-order valence-corrected chi connectivity index (χ0v) is 16.4. The molecule has 0 radical (unpaired) electrons. The van der Waals surface area contributed by atoms with Gasteiger partial charge < -0.3 is 10.2 Å². The van der Waals surface area contributed by atoms with Crippen LogP contribution in [0.2, 0.25) is 0 Å². The largest absolute Gasteiger partial charge is 0.416 e. The Bertz CT molecular complexity index is 960. The minimum atomic E-state index is -4.41. The van der Waals surface area contributed by atoms with Gasteiger partial charge >= 0.3 is 6.18 Å². The molecule has 0 unspecified atom stereocenters. The Kier molecular flexibility index (Phi) is 6.48. The summed E-state index contributed by atoms with van der Waals surface area (Å²) in [5.74, 6) is 0.358. The van der Waals surface area contributed by atoms with Crippen molar-refractivity contribution in [3.63, 3.8) is 0 Å². The number of carbonyl (C=O) groups is 1. The fourth-order valence-corrected chi connectivity index (χ4v) is 3.29. The highest BCUT2D eigenvalue weighted by atomic mass is 32.1. The molecule has 5 nitrogen and oxygen atoms in total. The number of nitrogens with one attached hydrogen (secondary N) is 1. The van der Waals surface area contributed by atoms with Crippen LogP contribution in [-0.4, -0.2) is 28.9 Å². The topological polar surface area (TPSA) is 58.1 Å². The first-order valence-corrected chi connectivity index (χ1v) is 9.59. The van der Waals surface area contributed by atoms with Gasteiger partial charge in [0, 0.05) is 31.5 Å². The van der Waals surface area contributed by atoms with Crippen molar-refractivity contribution in [3.05, 3.63) is 77.1 Å². The molecule has 1 amide bonds. The molecule has 0 bridgehead atoms. The van der Waals surface area contributed by atoms with E-state index in [4.69, 9.17) is 0 Å². The van der Waals surface area contributed by atoms with Crippen LogP contribution in [0.25, 0.3) is 0 Å². The molecule has 0 spiro atoms. The van der Waals surface area contributed by atoms with Gasteiger partial charge in [0.15, 0.2) is 0 Å². The summed E-state index contributed by atoms with van der Waals surface area (Å²) in [4.78, 5) is 18.3. The standard InChI is InChI=1S/C20H19F3N4OS/c1-27(19-25-17(26-29-19)11-14-6-3-2-4-7-14)13-18(28)24-12-15-8-5-9-16(10-15)20(21,22)23/h2-10H,11-13H2,1H3,(H,24,28). The Morgan fingerprint density at radius 3 is 2.55 bits per heavy atom. The van der Waals surface area contributed by atoms with Gasteiger partial charge in [-0.05, 0) is 23.3 Å². The predicted molar refractivity (Wildman–Crippen MR) is 106 cm³/mol. The van der Waals surface area contributed by atoms with E-state index < -0.39 is 11.7 Å². The highest BCUT2D eigenvalue weighted by molar-refractivity contribution is 7.09. The second-order valence-electron chi connectivity index (χ2n) is 6.49. The van der Waals surface area contributed by atoms with Crippen LogP contribution in [0.15, 0.2) is 54.6 Å². The molecule has 152 valence electrons. The van der Waals surface area contributed by atoms with Crippen molar-refractivity contribution in [2.24, 2.45) is 0 Å². The molecule has 0 atom stereocenters. The fraction of sp³-hybridized carbons (Fsp3) is 0.250. The molecule has 0 aliphatic heterocycles. The number of hydrogen-bond acceptors (Lipinski definition) is 5. The van der Waals surface area contributed by atoms with Crippen molar-refractivity contribution < 1.29 is 18.0 Å². The Balaban J connectivity index is 1.52. The van der Waals surface area contributed by atoms with E-state index in [0.717, 1.165) is 17.7 Å². The van der Waals surface area contributed by atoms with Crippen LogP contribution in [0.1, 0.15) is 22.5 Å². The van der Waals surface area contributed by atoms with Crippen molar-refractivity contribution in [3.8, 4) is 0 Å². The molecule has 9 heteroatoms. The first-order chi connectivity index (χ1) is 13.8. The molecule has 1 N–H and O–H groups in total. The molecule has 0 saturated heterocycles. The number of alkyl halides is 3. The summed E-state index contributed by atoms with van der Waals surface area (Å²) in [5, 5.41) is 3.24. The van der Waals surface area contributed by atoms with Crippen LogP contribution in [-0.2, 0) is 23.9 Å². The molecule has 29 heavy (non-hydrogen) atoms. The van der Waals surface area contributed by atoms with Crippen molar-refractivity contribution in [1.82, 2.24) is 14.7 Å². The Labute approximate surface area is 170 Å². The third-order valence-corrected chi connectivity index (χ3v) is 4.98. The Morgan fingerprint density at radius 2 is 1.83 bits per heavy atom. The van der Waals surface area contributed by atoms with Gasteiger partial charge in [-0.25, -0.2) is 4.98 Å². The number of amides is 1. The summed E-state index contributed by atoms with van der Waals surface area (Å²) >= 11 is 1.20. The van der Waals surface area contributed by atoms with Crippen LogP contribution in [0, 0.1) is 0 Å². The summed E-state index contributed by atoms with van der Waals surface area (Å²) in [5.41, 5.74) is 0.747. The van der Waals surface area contributed by atoms with Gasteiger partial charge in [-0.3, -0.25) is 4.79 Å². The number of nitrogens with zero attached hydrogens (tertiary/aromatic N) is 3. The van der Waals surface area contributed by atoms with Gasteiger partial charge in [0.05, 0.1) is 12.1 Å². The van der Waals surface area contributed by atoms with Gasteiger partial charge in [0.1, 0.15) is 5.82 Å². The quantitative estimate of drug-likeness (QED) is 0.630. The van der Waals surface area contributed by atoms with E-state index in [1.165, 1.54) is 17.6 Å². The molecule has 3 aromatic rings. The molecule has 2 aromatic carbocycles. The number of halogens is 3. The lowest BCUT2D eigenvalue weighted by atomic mass is 10.1. The number of aromatic nitrogens is 2. The van der Waals surface area contributed by atoms with Crippen LogP contribution in [0.5, 0.6) is 0 Å². The van der Waals surface area contributed by atoms with Gasteiger partial charge in [0.25, 0.3) is 0 Å². The van der Waals surface area contributed by atoms with Crippen molar-refractivity contribution in [2.45, 2.75) is 19.1 Å². The zero-order chi connectivity index (χ0) is 20.9. The second-order valence-corrected chi connectivity index (χ2v) is 7.22. The molecule has 0 fully saturated rings. The van der Waals surface area contributed by atoms with Crippen molar-refractivity contribution in [2.75, 3.05) is 18.5 Å². The van der Waals surface area contributed by atoms with Crippen molar-refractivity contribution in [1.29, 1.82) is 0 Å². The molecule has 0 aliphatic carbocycles. The first kappa shape index (κ1) is 20.8. The summed E-state index contributed by atoms with van der Waals surface area (Å²) in [7, 11) is 1.72. The fourth-order valence-electron chi connectivity index (χ4n) is 2.65. The highest BCUT2D eigenvalue weighted by Gasteiger charge is 2.30. The molecule has 1 aromatic heterocycles. The van der Waals surface area contributed by atoms with E-state index >= 15 is 0 Å².